The second kappa shape index (κ2) is 8.94. The minimum atomic E-state index is 0.162. The third kappa shape index (κ3) is 5.80. The van der Waals surface area contributed by atoms with Crippen molar-refractivity contribution in [2.45, 2.75) is 64.9 Å². The maximum absolute atomic E-state index is 11.9. The van der Waals surface area contributed by atoms with Gasteiger partial charge >= 0.3 is 0 Å². The van der Waals surface area contributed by atoms with Crippen LogP contribution in [0.25, 0.3) is 0 Å². The molecule has 0 aromatic heterocycles. The van der Waals surface area contributed by atoms with Gasteiger partial charge in [0.1, 0.15) is 0 Å². The molecule has 22 heavy (non-hydrogen) atoms. The van der Waals surface area contributed by atoms with Crippen LogP contribution in [-0.2, 0) is 16.0 Å². The normalized spacial score (nSPS) is 17.6. The number of nitrogens with one attached hydrogen (secondary N) is 1. The molecule has 1 amide bonds. The number of carbonyl (C=O) groups is 1. The molecule has 1 aliphatic rings. The highest BCUT2D eigenvalue weighted by molar-refractivity contribution is 5.76. The van der Waals surface area contributed by atoms with Gasteiger partial charge in [-0.25, -0.2) is 0 Å². The maximum Gasteiger partial charge on any atom is 0.220 e. The highest BCUT2D eigenvalue weighted by Gasteiger charge is 2.14. The van der Waals surface area contributed by atoms with Gasteiger partial charge in [0.15, 0.2) is 0 Å². The van der Waals surface area contributed by atoms with E-state index in [1.54, 1.807) is 0 Å². The quantitative estimate of drug-likeness (QED) is 0.744. The van der Waals surface area contributed by atoms with Crippen molar-refractivity contribution in [3.8, 4) is 0 Å². The molecule has 1 unspecified atom stereocenters. The molecule has 1 N–H and O–H groups in total. The standard InChI is InChI=1S/C19H29NO2/c1-15-8-9-17(14-16(15)2)10-11-19(21)20-12-4-3-6-18-7-5-13-22-18/h8-9,14,18H,3-7,10-13H2,1-2H3,(H,20,21). The summed E-state index contributed by atoms with van der Waals surface area (Å²) in [5.41, 5.74) is 3.85. The minimum absolute atomic E-state index is 0.162. The van der Waals surface area contributed by atoms with Gasteiger partial charge in [-0.15, -0.1) is 0 Å². The number of amides is 1. The lowest BCUT2D eigenvalue weighted by Gasteiger charge is -2.09. The van der Waals surface area contributed by atoms with Gasteiger partial charge in [0.2, 0.25) is 5.91 Å². The van der Waals surface area contributed by atoms with Crippen molar-refractivity contribution in [3.05, 3.63) is 34.9 Å². The molecule has 2 rings (SSSR count). The number of unbranched alkanes of at least 4 members (excludes halogenated alkanes) is 1. The van der Waals surface area contributed by atoms with Crippen LogP contribution >= 0.6 is 0 Å². The van der Waals surface area contributed by atoms with E-state index in [2.05, 4.69) is 37.4 Å². The second-order valence-electron chi connectivity index (χ2n) is 6.40. The summed E-state index contributed by atoms with van der Waals surface area (Å²) in [6, 6.07) is 6.44. The number of benzene rings is 1. The van der Waals surface area contributed by atoms with E-state index < -0.39 is 0 Å². The van der Waals surface area contributed by atoms with Crippen LogP contribution in [0.2, 0.25) is 0 Å². The summed E-state index contributed by atoms with van der Waals surface area (Å²) in [5, 5.41) is 3.02. The molecular weight excluding hydrogens is 274 g/mol. The fraction of sp³-hybridized carbons (Fsp3) is 0.632. The lowest BCUT2D eigenvalue weighted by atomic mass is 10.0. The summed E-state index contributed by atoms with van der Waals surface area (Å²) in [6.45, 7) is 5.95. The highest BCUT2D eigenvalue weighted by Crippen LogP contribution is 2.17. The first-order valence-corrected chi connectivity index (χ1v) is 8.59. The number of rotatable bonds is 8. The van der Waals surface area contributed by atoms with Crippen LogP contribution in [0.3, 0.4) is 0 Å². The van der Waals surface area contributed by atoms with Crippen LogP contribution in [0, 0.1) is 13.8 Å². The Morgan fingerprint density at radius 3 is 2.86 bits per heavy atom. The van der Waals surface area contributed by atoms with E-state index in [4.69, 9.17) is 4.74 Å². The molecule has 1 saturated heterocycles. The Bertz CT molecular complexity index is 478. The molecule has 0 saturated carbocycles. The number of hydrogen-bond donors (Lipinski definition) is 1. The Kier molecular flexibility index (Phi) is 6.91. The van der Waals surface area contributed by atoms with Gasteiger partial charge in [-0.1, -0.05) is 18.2 Å². The number of hydrogen-bond acceptors (Lipinski definition) is 2. The molecular formula is C19H29NO2. The SMILES string of the molecule is Cc1ccc(CCC(=O)NCCCCC2CCCO2)cc1C. The summed E-state index contributed by atoms with van der Waals surface area (Å²) in [5.74, 6) is 0.162. The highest BCUT2D eigenvalue weighted by atomic mass is 16.5. The second-order valence-corrected chi connectivity index (χ2v) is 6.40. The first-order chi connectivity index (χ1) is 10.6. The zero-order valence-corrected chi connectivity index (χ0v) is 14.0. The van der Waals surface area contributed by atoms with E-state index in [0.29, 0.717) is 12.5 Å². The van der Waals surface area contributed by atoms with E-state index in [1.165, 1.54) is 29.5 Å². The number of aryl methyl sites for hydroxylation is 3. The third-order valence-electron chi connectivity index (χ3n) is 4.51. The van der Waals surface area contributed by atoms with Gasteiger partial charge in [-0.3, -0.25) is 4.79 Å². The smallest absolute Gasteiger partial charge is 0.220 e. The van der Waals surface area contributed by atoms with E-state index >= 15 is 0 Å². The average molecular weight is 303 g/mol. The molecule has 1 aliphatic heterocycles. The van der Waals surface area contributed by atoms with Crippen LogP contribution in [-0.4, -0.2) is 25.2 Å². The summed E-state index contributed by atoms with van der Waals surface area (Å²) in [4.78, 5) is 11.9. The Balaban J connectivity index is 1.54. The summed E-state index contributed by atoms with van der Waals surface area (Å²) >= 11 is 0. The molecule has 3 heteroatoms. The predicted molar refractivity (Wildman–Crippen MR) is 90.1 cm³/mol. The Labute approximate surface area is 134 Å². The van der Waals surface area contributed by atoms with Crippen molar-refractivity contribution in [2.24, 2.45) is 0 Å². The molecule has 122 valence electrons. The van der Waals surface area contributed by atoms with Crippen molar-refractivity contribution in [1.82, 2.24) is 5.32 Å². The predicted octanol–water partition coefficient (Wildman–Crippen LogP) is 3.70. The monoisotopic (exact) mass is 303 g/mol. The average Bonchev–Trinajstić information content (AvgIpc) is 3.01. The minimum Gasteiger partial charge on any atom is -0.378 e. The molecule has 1 aromatic carbocycles. The van der Waals surface area contributed by atoms with Crippen molar-refractivity contribution < 1.29 is 9.53 Å². The largest absolute Gasteiger partial charge is 0.378 e. The van der Waals surface area contributed by atoms with Crippen LogP contribution in [0.4, 0.5) is 0 Å². The molecule has 1 fully saturated rings. The summed E-state index contributed by atoms with van der Waals surface area (Å²) in [6.07, 6.45) is 7.62. The Morgan fingerprint density at radius 1 is 1.27 bits per heavy atom. The Morgan fingerprint density at radius 2 is 2.14 bits per heavy atom. The van der Waals surface area contributed by atoms with Gasteiger partial charge in [-0.05, 0) is 69.1 Å². The lowest BCUT2D eigenvalue weighted by molar-refractivity contribution is -0.121. The molecule has 0 bridgehead atoms. The van der Waals surface area contributed by atoms with Crippen LogP contribution < -0.4 is 5.32 Å². The first-order valence-electron chi connectivity index (χ1n) is 8.59. The molecule has 0 spiro atoms. The fourth-order valence-corrected chi connectivity index (χ4v) is 2.90. The van der Waals surface area contributed by atoms with Crippen molar-refractivity contribution in [1.29, 1.82) is 0 Å². The lowest BCUT2D eigenvalue weighted by Crippen LogP contribution is -2.24. The molecule has 0 aliphatic carbocycles. The van der Waals surface area contributed by atoms with E-state index in [-0.39, 0.29) is 5.91 Å². The van der Waals surface area contributed by atoms with Crippen molar-refractivity contribution >= 4 is 5.91 Å². The van der Waals surface area contributed by atoms with Crippen molar-refractivity contribution in [2.75, 3.05) is 13.2 Å². The number of ether oxygens (including phenoxy) is 1. The van der Waals surface area contributed by atoms with E-state index in [1.807, 2.05) is 0 Å². The third-order valence-corrected chi connectivity index (χ3v) is 4.51. The summed E-state index contributed by atoms with van der Waals surface area (Å²) in [7, 11) is 0. The molecule has 1 atom stereocenters. The summed E-state index contributed by atoms with van der Waals surface area (Å²) < 4.78 is 5.60. The maximum atomic E-state index is 11.9. The van der Waals surface area contributed by atoms with Crippen molar-refractivity contribution in [3.63, 3.8) is 0 Å². The fourth-order valence-electron chi connectivity index (χ4n) is 2.90. The topological polar surface area (TPSA) is 38.3 Å². The van der Waals surface area contributed by atoms with Gasteiger partial charge in [0.25, 0.3) is 0 Å². The molecule has 1 aromatic rings. The van der Waals surface area contributed by atoms with Crippen LogP contribution in [0.15, 0.2) is 18.2 Å². The van der Waals surface area contributed by atoms with Crippen LogP contribution in [0.5, 0.6) is 0 Å². The van der Waals surface area contributed by atoms with E-state index in [0.717, 1.165) is 38.8 Å². The van der Waals surface area contributed by atoms with Gasteiger partial charge in [0.05, 0.1) is 6.10 Å². The molecule has 3 nitrogen and oxygen atoms in total. The van der Waals surface area contributed by atoms with Gasteiger partial charge < -0.3 is 10.1 Å². The van der Waals surface area contributed by atoms with Gasteiger partial charge in [0, 0.05) is 19.6 Å². The first kappa shape index (κ1) is 17.0. The zero-order chi connectivity index (χ0) is 15.8. The zero-order valence-electron chi connectivity index (χ0n) is 14.0. The van der Waals surface area contributed by atoms with Gasteiger partial charge in [-0.2, -0.15) is 0 Å². The molecule has 1 heterocycles. The molecule has 0 radical (unpaired) electrons. The van der Waals surface area contributed by atoms with E-state index in [9.17, 15) is 4.79 Å². The number of carbonyl (C=O) groups excluding carboxylic acids is 1. The Hall–Kier alpha value is -1.35. The van der Waals surface area contributed by atoms with Crippen LogP contribution in [0.1, 0.15) is 55.2 Å².